The maximum Gasteiger partial charge on any atom is 0.409 e. The van der Waals surface area contributed by atoms with Gasteiger partial charge in [0.15, 0.2) is 0 Å². The minimum absolute atomic E-state index is 0.00333. The topological polar surface area (TPSA) is 83.7 Å². The SMILES string of the molecule is CCOC(=O)N1CCC(NC(=O)Cc2c(C)[nH]c3ccc(OC)cc23)CC1. The Bertz CT molecular complexity index is 822. The van der Waals surface area contributed by atoms with Crippen LogP contribution in [0.1, 0.15) is 31.0 Å². The number of benzene rings is 1. The number of ether oxygens (including phenoxy) is 2. The van der Waals surface area contributed by atoms with Crippen molar-refractivity contribution in [3.05, 3.63) is 29.5 Å². The highest BCUT2D eigenvalue weighted by molar-refractivity contribution is 5.91. The molecule has 2 N–H and O–H groups in total. The standard InChI is InChI=1S/C20H27N3O4/c1-4-27-20(25)23-9-7-14(8-10-23)22-19(24)12-16-13(2)21-18-6-5-15(26-3)11-17(16)18/h5-6,11,14,21H,4,7-10,12H2,1-3H3,(H,22,24). The second-order valence-corrected chi connectivity index (χ2v) is 6.84. The van der Waals surface area contributed by atoms with Crippen LogP contribution in [-0.4, -0.2) is 54.7 Å². The zero-order valence-electron chi connectivity index (χ0n) is 16.1. The fraction of sp³-hybridized carbons (Fsp3) is 0.500. The molecule has 0 bridgehead atoms. The Labute approximate surface area is 159 Å². The maximum atomic E-state index is 12.6. The highest BCUT2D eigenvalue weighted by Gasteiger charge is 2.25. The number of aromatic amines is 1. The summed E-state index contributed by atoms with van der Waals surface area (Å²) in [5.74, 6) is 0.769. The zero-order valence-corrected chi connectivity index (χ0v) is 16.1. The maximum absolute atomic E-state index is 12.6. The molecule has 1 aliphatic rings. The van der Waals surface area contributed by atoms with Gasteiger partial charge in [-0.25, -0.2) is 4.79 Å². The van der Waals surface area contributed by atoms with E-state index in [-0.39, 0.29) is 18.0 Å². The summed E-state index contributed by atoms with van der Waals surface area (Å²) < 4.78 is 10.3. The second-order valence-electron chi connectivity index (χ2n) is 6.84. The summed E-state index contributed by atoms with van der Waals surface area (Å²) in [4.78, 5) is 29.4. The summed E-state index contributed by atoms with van der Waals surface area (Å²) in [6.45, 7) is 5.37. The highest BCUT2D eigenvalue weighted by Crippen LogP contribution is 2.26. The van der Waals surface area contributed by atoms with E-state index in [1.165, 1.54) is 0 Å². The van der Waals surface area contributed by atoms with Crippen molar-refractivity contribution in [3.63, 3.8) is 0 Å². The number of likely N-dealkylation sites (tertiary alicyclic amines) is 1. The minimum Gasteiger partial charge on any atom is -0.497 e. The van der Waals surface area contributed by atoms with Crippen molar-refractivity contribution in [3.8, 4) is 5.75 Å². The molecule has 7 heteroatoms. The predicted octanol–water partition coefficient (Wildman–Crippen LogP) is 2.76. The number of amides is 2. The third-order valence-electron chi connectivity index (χ3n) is 5.05. The lowest BCUT2D eigenvalue weighted by Gasteiger charge is -2.31. The van der Waals surface area contributed by atoms with Gasteiger partial charge >= 0.3 is 6.09 Å². The van der Waals surface area contributed by atoms with E-state index in [4.69, 9.17) is 9.47 Å². The monoisotopic (exact) mass is 373 g/mol. The van der Waals surface area contributed by atoms with Gasteiger partial charge in [0.25, 0.3) is 0 Å². The molecule has 2 heterocycles. The van der Waals surface area contributed by atoms with Crippen LogP contribution in [0.3, 0.4) is 0 Å². The number of carbonyl (C=O) groups is 2. The van der Waals surface area contributed by atoms with Crippen molar-refractivity contribution in [2.24, 2.45) is 0 Å². The zero-order chi connectivity index (χ0) is 19.4. The predicted molar refractivity (Wildman–Crippen MR) is 103 cm³/mol. The van der Waals surface area contributed by atoms with Crippen molar-refractivity contribution in [2.45, 2.75) is 39.2 Å². The molecule has 0 saturated carbocycles. The molecule has 0 atom stereocenters. The van der Waals surface area contributed by atoms with E-state index in [9.17, 15) is 9.59 Å². The second kappa shape index (κ2) is 8.33. The first-order valence-electron chi connectivity index (χ1n) is 9.38. The lowest BCUT2D eigenvalue weighted by atomic mass is 10.0. The van der Waals surface area contributed by atoms with Crippen molar-refractivity contribution < 1.29 is 19.1 Å². The third-order valence-corrected chi connectivity index (χ3v) is 5.05. The first kappa shape index (κ1) is 19.1. The van der Waals surface area contributed by atoms with Crippen LogP contribution >= 0.6 is 0 Å². The lowest BCUT2D eigenvalue weighted by Crippen LogP contribution is -2.47. The Morgan fingerprint density at radius 3 is 2.70 bits per heavy atom. The number of hydrogen-bond acceptors (Lipinski definition) is 4. The van der Waals surface area contributed by atoms with E-state index in [2.05, 4.69) is 10.3 Å². The Morgan fingerprint density at radius 2 is 2.04 bits per heavy atom. The molecule has 1 aliphatic heterocycles. The summed E-state index contributed by atoms with van der Waals surface area (Å²) in [7, 11) is 1.63. The van der Waals surface area contributed by atoms with Crippen LogP contribution < -0.4 is 10.1 Å². The van der Waals surface area contributed by atoms with Crippen LogP contribution in [0.5, 0.6) is 5.75 Å². The number of nitrogens with one attached hydrogen (secondary N) is 2. The molecule has 1 aromatic heterocycles. The smallest absolute Gasteiger partial charge is 0.409 e. The third kappa shape index (κ3) is 4.35. The minimum atomic E-state index is -0.273. The van der Waals surface area contributed by atoms with Gasteiger partial charge in [0, 0.05) is 35.7 Å². The fourth-order valence-electron chi connectivity index (χ4n) is 3.58. The molecular weight excluding hydrogens is 346 g/mol. The first-order chi connectivity index (χ1) is 13.0. The number of methoxy groups -OCH3 is 1. The summed E-state index contributed by atoms with van der Waals surface area (Å²) >= 11 is 0. The van der Waals surface area contributed by atoms with Gasteiger partial charge in [0.1, 0.15) is 5.75 Å². The number of H-pyrrole nitrogens is 1. The molecule has 1 saturated heterocycles. The van der Waals surface area contributed by atoms with Crippen LogP contribution in [0.4, 0.5) is 4.79 Å². The summed E-state index contributed by atoms with van der Waals surface area (Å²) in [6.07, 6.45) is 1.53. The molecule has 146 valence electrons. The normalized spacial score (nSPS) is 15.0. The van der Waals surface area contributed by atoms with E-state index in [0.29, 0.717) is 26.1 Å². The molecule has 1 aromatic carbocycles. The number of piperidine rings is 1. The van der Waals surface area contributed by atoms with E-state index in [1.54, 1.807) is 18.9 Å². The van der Waals surface area contributed by atoms with Crippen LogP contribution in [0, 0.1) is 6.92 Å². The highest BCUT2D eigenvalue weighted by atomic mass is 16.6. The van der Waals surface area contributed by atoms with Gasteiger partial charge in [-0.15, -0.1) is 0 Å². The van der Waals surface area contributed by atoms with E-state index in [1.807, 2.05) is 25.1 Å². The largest absolute Gasteiger partial charge is 0.497 e. The number of carbonyl (C=O) groups excluding carboxylic acids is 2. The van der Waals surface area contributed by atoms with Gasteiger partial charge in [-0.2, -0.15) is 0 Å². The summed E-state index contributed by atoms with van der Waals surface area (Å²) in [5, 5.41) is 4.12. The van der Waals surface area contributed by atoms with Gasteiger partial charge in [-0.3, -0.25) is 4.79 Å². The molecule has 0 unspecified atom stereocenters. The molecule has 2 amide bonds. The fourth-order valence-corrected chi connectivity index (χ4v) is 3.58. The van der Waals surface area contributed by atoms with Crippen molar-refractivity contribution in [2.75, 3.05) is 26.8 Å². The van der Waals surface area contributed by atoms with Crippen molar-refractivity contribution >= 4 is 22.9 Å². The number of aromatic nitrogens is 1. The van der Waals surface area contributed by atoms with Crippen LogP contribution in [0.15, 0.2) is 18.2 Å². The molecule has 7 nitrogen and oxygen atoms in total. The van der Waals surface area contributed by atoms with Crippen LogP contribution in [0.25, 0.3) is 10.9 Å². The Balaban J connectivity index is 1.60. The van der Waals surface area contributed by atoms with E-state index in [0.717, 1.165) is 40.8 Å². The Morgan fingerprint density at radius 1 is 1.30 bits per heavy atom. The first-order valence-corrected chi connectivity index (χ1v) is 9.38. The van der Waals surface area contributed by atoms with Crippen molar-refractivity contribution in [1.29, 1.82) is 0 Å². The number of fused-ring (bicyclic) bond motifs is 1. The van der Waals surface area contributed by atoms with E-state index < -0.39 is 0 Å². The molecule has 1 fully saturated rings. The quantitative estimate of drug-likeness (QED) is 0.844. The van der Waals surface area contributed by atoms with Gasteiger partial charge < -0.3 is 24.7 Å². The van der Waals surface area contributed by atoms with Crippen LogP contribution in [-0.2, 0) is 16.0 Å². The summed E-state index contributed by atoms with van der Waals surface area (Å²) in [5.41, 5.74) is 2.98. The molecule has 0 aliphatic carbocycles. The molecule has 27 heavy (non-hydrogen) atoms. The average Bonchev–Trinajstić information content (AvgIpc) is 2.97. The number of rotatable bonds is 5. The lowest BCUT2D eigenvalue weighted by molar-refractivity contribution is -0.121. The van der Waals surface area contributed by atoms with Gasteiger partial charge in [-0.1, -0.05) is 0 Å². The number of aryl methyl sites for hydroxylation is 1. The molecular formula is C20H27N3O4. The van der Waals surface area contributed by atoms with Gasteiger partial charge in [0.2, 0.25) is 5.91 Å². The average molecular weight is 373 g/mol. The van der Waals surface area contributed by atoms with Gasteiger partial charge in [-0.05, 0) is 50.5 Å². The van der Waals surface area contributed by atoms with Crippen LogP contribution in [0.2, 0.25) is 0 Å². The molecule has 0 radical (unpaired) electrons. The van der Waals surface area contributed by atoms with Crippen molar-refractivity contribution in [1.82, 2.24) is 15.2 Å². The molecule has 2 aromatic rings. The number of hydrogen-bond donors (Lipinski definition) is 2. The molecule has 3 rings (SSSR count). The van der Waals surface area contributed by atoms with Gasteiger partial charge in [0.05, 0.1) is 20.1 Å². The number of nitrogens with zero attached hydrogens (tertiary/aromatic N) is 1. The van der Waals surface area contributed by atoms with E-state index >= 15 is 0 Å². The Hall–Kier alpha value is -2.70. The summed E-state index contributed by atoms with van der Waals surface area (Å²) in [6, 6.07) is 5.91. The molecule has 0 spiro atoms. The Kier molecular flexibility index (Phi) is 5.88.